The highest BCUT2D eigenvalue weighted by Crippen LogP contribution is 2.25. The highest BCUT2D eigenvalue weighted by Gasteiger charge is 2.06. The van der Waals surface area contributed by atoms with Crippen molar-refractivity contribution < 1.29 is 4.92 Å². The molecule has 1 radical (unpaired) electrons. The minimum atomic E-state index is -0.431. The normalized spacial score (nSPS) is 10.3. The Labute approximate surface area is 114 Å². The molecule has 0 unspecified atom stereocenters. The van der Waals surface area contributed by atoms with Gasteiger partial charge in [0.25, 0.3) is 5.69 Å². The third-order valence-corrected chi connectivity index (χ3v) is 2.95. The number of hydrogen-bond acceptors (Lipinski definition) is 2. The Balaban J connectivity index is 2.21. The first kappa shape index (κ1) is 12.9. The van der Waals surface area contributed by atoms with E-state index in [4.69, 9.17) is 23.2 Å². The molecule has 3 nitrogen and oxygen atoms in total. The molecule has 0 aliphatic heterocycles. The Morgan fingerprint density at radius 2 is 1.72 bits per heavy atom. The van der Waals surface area contributed by atoms with E-state index >= 15 is 0 Å². The summed E-state index contributed by atoms with van der Waals surface area (Å²) in [6, 6.07) is 11.4. The van der Waals surface area contributed by atoms with Gasteiger partial charge >= 0.3 is 0 Å². The van der Waals surface area contributed by atoms with Crippen LogP contribution in [0.5, 0.6) is 0 Å². The van der Waals surface area contributed by atoms with Crippen LogP contribution < -0.4 is 0 Å². The molecule has 0 aromatic heterocycles. The molecule has 0 fully saturated rings. The molecule has 91 valence electrons. The van der Waals surface area contributed by atoms with Crippen LogP contribution in [-0.2, 0) is 0 Å². The molecule has 0 aliphatic carbocycles. The highest BCUT2D eigenvalue weighted by molar-refractivity contribution is 6.35. The van der Waals surface area contributed by atoms with Crippen LogP contribution in [0.2, 0.25) is 10.0 Å². The Morgan fingerprint density at radius 1 is 1.06 bits per heavy atom. The first-order chi connectivity index (χ1) is 8.56. The first-order valence-corrected chi connectivity index (χ1v) is 5.86. The molecule has 0 heterocycles. The van der Waals surface area contributed by atoms with Gasteiger partial charge in [0.2, 0.25) is 0 Å². The fourth-order valence-electron chi connectivity index (χ4n) is 1.49. The lowest BCUT2D eigenvalue weighted by Crippen LogP contribution is -1.90. The van der Waals surface area contributed by atoms with E-state index < -0.39 is 4.92 Å². The third-order valence-electron chi connectivity index (χ3n) is 2.39. The van der Waals surface area contributed by atoms with E-state index in [1.54, 1.807) is 30.3 Å². The highest BCUT2D eigenvalue weighted by atomic mass is 35.5. The van der Waals surface area contributed by atoms with Gasteiger partial charge in [-0.25, -0.2) is 0 Å². The van der Waals surface area contributed by atoms with Crippen LogP contribution in [0.3, 0.4) is 0 Å². The minimum Gasteiger partial charge on any atom is -0.258 e. The summed E-state index contributed by atoms with van der Waals surface area (Å²) in [7, 11) is 0. The van der Waals surface area contributed by atoms with Gasteiger partial charge in [0, 0.05) is 28.6 Å². The van der Waals surface area contributed by atoms with Crippen molar-refractivity contribution in [3.05, 3.63) is 80.2 Å². The summed E-state index contributed by atoms with van der Waals surface area (Å²) in [5.41, 5.74) is 1.72. The van der Waals surface area contributed by atoms with Crippen molar-refractivity contribution in [3.8, 4) is 0 Å². The Bertz CT molecular complexity index is 582. The number of benzene rings is 2. The monoisotopic (exact) mass is 280 g/mol. The number of nitrogens with zero attached hydrogens (tertiary/aromatic N) is 1. The van der Waals surface area contributed by atoms with E-state index in [1.807, 2.05) is 6.42 Å². The van der Waals surface area contributed by atoms with Crippen molar-refractivity contribution in [1.82, 2.24) is 0 Å². The minimum absolute atomic E-state index is 0.0642. The number of halogens is 2. The van der Waals surface area contributed by atoms with E-state index in [1.165, 1.54) is 12.1 Å². The van der Waals surface area contributed by atoms with Crippen molar-refractivity contribution in [1.29, 1.82) is 0 Å². The number of nitro groups is 1. The lowest BCUT2D eigenvalue weighted by atomic mass is 10.0. The lowest BCUT2D eigenvalue weighted by Gasteiger charge is -2.04. The summed E-state index contributed by atoms with van der Waals surface area (Å²) < 4.78 is 0. The second kappa shape index (κ2) is 5.38. The molecule has 18 heavy (non-hydrogen) atoms. The van der Waals surface area contributed by atoms with Crippen molar-refractivity contribution in [2.24, 2.45) is 0 Å². The molecule has 0 atom stereocenters. The number of nitro benzene ring substituents is 1. The second-order valence-electron chi connectivity index (χ2n) is 3.66. The Hall–Kier alpha value is -1.58. The zero-order valence-electron chi connectivity index (χ0n) is 9.14. The second-order valence-corrected chi connectivity index (χ2v) is 4.50. The molecule has 5 heteroatoms. The predicted octanol–water partition coefficient (Wildman–Crippen LogP) is 4.50. The van der Waals surface area contributed by atoms with Gasteiger partial charge < -0.3 is 0 Å². The zero-order chi connectivity index (χ0) is 13.1. The fraction of sp³-hybridized carbons (Fsp3) is 0. The van der Waals surface area contributed by atoms with Crippen LogP contribution in [0.1, 0.15) is 11.1 Å². The molecule has 0 spiro atoms. The quantitative estimate of drug-likeness (QED) is 0.614. The van der Waals surface area contributed by atoms with Gasteiger partial charge in [0.1, 0.15) is 0 Å². The van der Waals surface area contributed by atoms with Crippen LogP contribution in [-0.4, -0.2) is 4.92 Å². The van der Waals surface area contributed by atoms with Gasteiger partial charge in [-0.05, 0) is 23.3 Å². The van der Waals surface area contributed by atoms with Crippen LogP contribution >= 0.6 is 23.2 Å². The molecule has 0 amide bonds. The van der Waals surface area contributed by atoms with Crippen molar-refractivity contribution in [2.45, 2.75) is 0 Å². The topological polar surface area (TPSA) is 43.1 Å². The van der Waals surface area contributed by atoms with Gasteiger partial charge in [0.15, 0.2) is 0 Å². The average molecular weight is 281 g/mol. The SMILES string of the molecule is O=[N+]([O-])c1ccc([CH]c2ccc(Cl)cc2Cl)cc1. The molecule has 2 aromatic carbocycles. The predicted molar refractivity (Wildman–Crippen MR) is 72.1 cm³/mol. The third kappa shape index (κ3) is 3.00. The maximum absolute atomic E-state index is 10.5. The van der Waals surface area contributed by atoms with E-state index in [2.05, 4.69) is 0 Å². The summed E-state index contributed by atoms with van der Waals surface area (Å²) in [5.74, 6) is 0. The zero-order valence-corrected chi connectivity index (χ0v) is 10.7. The van der Waals surface area contributed by atoms with Gasteiger partial charge in [-0.15, -0.1) is 0 Å². The molecule has 0 saturated heterocycles. The largest absolute Gasteiger partial charge is 0.269 e. The lowest BCUT2D eigenvalue weighted by molar-refractivity contribution is -0.384. The Morgan fingerprint density at radius 3 is 2.28 bits per heavy atom. The van der Waals surface area contributed by atoms with Gasteiger partial charge in [-0.2, -0.15) is 0 Å². The van der Waals surface area contributed by atoms with E-state index in [0.29, 0.717) is 10.0 Å². The molecule has 0 N–H and O–H groups in total. The summed E-state index contributed by atoms with van der Waals surface area (Å²) in [5, 5.41) is 11.6. The van der Waals surface area contributed by atoms with Crippen molar-refractivity contribution >= 4 is 28.9 Å². The molecule has 2 rings (SSSR count). The van der Waals surface area contributed by atoms with Crippen molar-refractivity contribution in [3.63, 3.8) is 0 Å². The summed E-state index contributed by atoms with van der Waals surface area (Å²) in [6.45, 7) is 0. The number of rotatable bonds is 3. The fourth-order valence-corrected chi connectivity index (χ4v) is 1.95. The van der Waals surface area contributed by atoms with Crippen LogP contribution in [0.4, 0.5) is 5.69 Å². The van der Waals surface area contributed by atoms with Gasteiger partial charge in [-0.1, -0.05) is 41.4 Å². The maximum atomic E-state index is 10.5. The number of hydrogen-bond donors (Lipinski definition) is 0. The Kier molecular flexibility index (Phi) is 3.84. The van der Waals surface area contributed by atoms with Crippen LogP contribution in [0.25, 0.3) is 0 Å². The van der Waals surface area contributed by atoms with E-state index in [9.17, 15) is 10.1 Å². The van der Waals surface area contributed by atoms with E-state index in [0.717, 1.165) is 11.1 Å². The molecule has 0 saturated carbocycles. The smallest absolute Gasteiger partial charge is 0.258 e. The van der Waals surface area contributed by atoms with Crippen LogP contribution in [0, 0.1) is 16.5 Å². The van der Waals surface area contributed by atoms with Gasteiger partial charge in [-0.3, -0.25) is 10.1 Å². The summed E-state index contributed by atoms with van der Waals surface area (Å²) in [6.07, 6.45) is 1.84. The van der Waals surface area contributed by atoms with Crippen molar-refractivity contribution in [2.75, 3.05) is 0 Å². The molecule has 0 bridgehead atoms. The summed E-state index contributed by atoms with van der Waals surface area (Å²) >= 11 is 11.8. The van der Waals surface area contributed by atoms with Gasteiger partial charge in [0.05, 0.1) is 4.92 Å². The van der Waals surface area contributed by atoms with Crippen LogP contribution in [0.15, 0.2) is 42.5 Å². The molecule has 0 aliphatic rings. The number of non-ortho nitro benzene ring substituents is 1. The summed E-state index contributed by atoms with van der Waals surface area (Å²) in [4.78, 5) is 10.1. The first-order valence-electron chi connectivity index (χ1n) is 5.10. The van der Waals surface area contributed by atoms with E-state index in [-0.39, 0.29) is 5.69 Å². The molecular formula is C13H8Cl2NO2. The molecule has 2 aromatic rings. The molecular weight excluding hydrogens is 273 g/mol. The average Bonchev–Trinajstić information content (AvgIpc) is 2.33. The maximum Gasteiger partial charge on any atom is 0.269 e. The standard InChI is InChI=1S/C13H8Cl2NO2/c14-11-4-3-10(13(15)8-11)7-9-1-5-12(6-2-9)16(17)18/h1-8H.